The summed E-state index contributed by atoms with van der Waals surface area (Å²) in [4.78, 5) is 35.8. The van der Waals surface area contributed by atoms with E-state index < -0.39 is 46.7 Å². The minimum atomic E-state index is -4.93. The normalized spacial score (nSPS) is 15.5. The SMILES string of the molecule is COc1ccc(CN(Cc2ccc(OC)cc2)c2cc(C)c(C(F)(F)F)c(-c3nc4c5c(ncnc5c3F)N3CCN(C(=O)OC(C)(C)C)C[C@H]3CO4)n2)cc1. The van der Waals surface area contributed by atoms with Gasteiger partial charge in [-0.3, -0.25) is 0 Å². The number of methoxy groups -OCH3 is 2. The highest BCUT2D eigenvalue weighted by molar-refractivity contribution is 5.97. The maximum absolute atomic E-state index is 16.9. The van der Waals surface area contributed by atoms with Crippen LogP contribution in [0.2, 0.25) is 0 Å². The van der Waals surface area contributed by atoms with Gasteiger partial charge >= 0.3 is 12.3 Å². The number of alkyl halides is 3. The van der Waals surface area contributed by atoms with E-state index in [1.54, 1.807) is 69.1 Å². The highest BCUT2D eigenvalue weighted by Gasteiger charge is 2.41. The molecule has 5 aromatic rings. The molecule has 1 fully saturated rings. The molecular weight excluding hydrogens is 734 g/mol. The summed E-state index contributed by atoms with van der Waals surface area (Å²) in [7, 11) is 3.11. The number of fused-ring (bicyclic) bond motifs is 2. The fraction of sp³-hybridized carbons (Fsp3) is 0.375. The molecule has 0 N–H and O–H groups in total. The Balaban J connectivity index is 1.32. The first-order chi connectivity index (χ1) is 26.6. The van der Waals surface area contributed by atoms with Crippen molar-refractivity contribution in [1.29, 1.82) is 0 Å². The van der Waals surface area contributed by atoms with Gasteiger partial charge in [-0.15, -0.1) is 0 Å². The quantitative estimate of drug-likeness (QED) is 0.145. The van der Waals surface area contributed by atoms with E-state index in [0.717, 1.165) is 17.5 Å². The fourth-order valence-electron chi connectivity index (χ4n) is 6.95. The van der Waals surface area contributed by atoms with Crippen LogP contribution < -0.4 is 24.0 Å². The summed E-state index contributed by atoms with van der Waals surface area (Å²) in [5.41, 5.74) is -2.01. The number of pyridine rings is 2. The van der Waals surface area contributed by atoms with E-state index in [-0.39, 0.29) is 61.0 Å². The van der Waals surface area contributed by atoms with E-state index in [4.69, 9.17) is 18.9 Å². The zero-order valence-corrected chi connectivity index (χ0v) is 31.8. The van der Waals surface area contributed by atoms with Gasteiger partial charge in [0.05, 0.1) is 25.8 Å². The number of amides is 1. The van der Waals surface area contributed by atoms with Crippen molar-refractivity contribution in [1.82, 2.24) is 24.8 Å². The Labute approximate surface area is 321 Å². The number of rotatable bonds is 8. The van der Waals surface area contributed by atoms with Gasteiger partial charge in [-0.2, -0.15) is 13.2 Å². The molecule has 5 heterocycles. The summed E-state index contributed by atoms with van der Waals surface area (Å²) in [6.45, 7) is 7.88. The third kappa shape index (κ3) is 7.77. The molecule has 0 spiro atoms. The summed E-state index contributed by atoms with van der Waals surface area (Å²) >= 11 is 0. The molecule has 2 aromatic carbocycles. The first-order valence-corrected chi connectivity index (χ1v) is 17.9. The standard InChI is InChI=1S/C40H41F4N7O5/c1-23-17-29(50(18-24-7-11-27(53-5)12-8-24)19-25-9-13-28(54-6)14-10-25)47-34(31(23)40(42,43)44)35-32(41)33-30-36(46-22-45-33)51-16-15-49(38(52)56-39(2,3)4)20-26(51)21-55-37(30)48-35/h7-14,17,22,26H,15-16,18-21H2,1-6H3/t26-/m0/s1. The molecule has 12 nitrogen and oxygen atoms in total. The summed E-state index contributed by atoms with van der Waals surface area (Å²) in [6.07, 6.45) is -4.27. The van der Waals surface area contributed by atoms with Gasteiger partial charge < -0.3 is 33.6 Å². The number of hydrogen-bond donors (Lipinski definition) is 0. The zero-order chi connectivity index (χ0) is 39.9. The predicted molar refractivity (Wildman–Crippen MR) is 201 cm³/mol. The second-order valence-electron chi connectivity index (χ2n) is 14.7. The number of anilines is 2. The predicted octanol–water partition coefficient (Wildman–Crippen LogP) is 7.60. The number of nitrogens with zero attached hydrogens (tertiary/aromatic N) is 7. The number of carbonyl (C=O) groups excluding carboxylic acids is 1. The molecule has 0 aliphatic carbocycles. The second-order valence-corrected chi connectivity index (χ2v) is 14.7. The lowest BCUT2D eigenvalue weighted by molar-refractivity contribution is -0.137. The lowest BCUT2D eigenvalue weighted by Gasteiger charge is -2.41. The van der Waals surface area contributed by atoms with Crippen molar-refractivity contribution in [2.75, 3.05) is 50.3 Å². The molecule has 0 bridgehead atoms. The summed E-state index contributed by atoms with van der Waals surface area (Å²) in [5, 5.41) is 0.115. The van der Waals surface area contributed by atoms with Gasteiger partial charge in [0.1, 0.15) is 64.0 Å². The first kappa shape index (κ1) is 38.3. The molecule has 1 amide bonds. The van der Waals surface area contributed by atoms with Gasteiger partial charge in [0.2, 0.25) is 5.88 Å². The molecule has 56 heavy (non-hydrogen) atoms. The number of benzene rings is 2. The van der Waals surface area contributed by atoms with Crippen LogP contribution in [0.1, 0.15) is 43.0 Å². The van der Waals surface area contributed by atoms with Gasteiger partial charge in [-0.25, -0.2) is 29.1 Å². The van der Waals surface area contributed by atoms with Crippen LogP contribution in [0, 0.1) is 12.7 Å². The number of ether oxygens (including phenoxy) is 4. The minimum Gasteiger partial charge on any atom is -0.497 e. The van der Waals surface area contributed by atoms with Crippen LogP contribution in [0.25, 0.3) is 22.3 Å². The van der Waals surface area contributed by atoms with Gasteiger partial charge in [0.25, 0.3) is 0 Å². The van der Waals surface area contributed by atoms with Crippen molar-refractivity contribution in [3.05, 3.63) is 89.0 Å². The van der Waals surface area contributed by atoms with Crippen LogP contribution >= 0.6 is 0 Å². The van der Waals surface area contributed by atoms with Crippen LogP contribution in [0.15, 0.2) is 60.9 Å². The lowest BCUT2D eigenvalue weighted by Crippen LogP contribution is -2.57. The van der Waals surface area contributed by atoms with Crippen LogP contribution in [-0.4, -0.2) is 83.0 Å². The summed E-state index contributed by atoms with van der Waals surface area (Å²) in [5.74, 6) is 0.500. The number of aryl methyl sites for hydroxylation is 1. The largest absolute Gasteiger partial charge is 0.497 e. The fourth-order valence-corrected chi connectivity index (χ4v) is 6.95. The van der Waals surface area contributed by atoms with Crippen molar-refractivity contribution >= 4 is 28.6 Å². The number of hydrogen-bond acceptors (Lipinski definition) is 11. The highest BCUT2D eigenvalue weighted by atomic mass is 19.4. The van der Waals surface area contributed by atoms with Gasteiger partial charge in [-0.1, -0.05) is 24.3 Å². The first-order valence-electron chi connectivity index (χ1n) is 17.9. The van der Waals surface area contributed by atoms with Gasteiger partial charge in [0, 0.05) is 32.7 Å². The van der Waals surface area contributed by atoms with Crippen molar-refractivity contribution in [3.8, 4) is 28.8 Å². The molecule has 2 aliphatic rings. The molecule has 0 unspecified atom stereocenters. The van der Waals surface area contributed by atoms with Crippen molar-refractivity contribution < 1.29 is 41.3 Å². The molecular formula is C40H41F4N7O5. The monoisotopic (exact) mass is 775 g/mol. The van der Waals surface area contributed by atoms with Gasteiger partial charge in [-0.05, 0) is 74.7 Å². The third-order valence-electron chi connectivity index (χ3n) is 9.59. The van der Waals surface area contributed by atoms with E-state index in [9.17, 15) is 4.79 Å². The maximum Gasteiger partial charge on any atom is 0.418 e. The Morgan fingerprint density at radius 3 is 2.11 bits per heavy atom. The van der Waals surface area contributed by atoms with Crippen molar-refractivity contribution in [3.63, 3.8) is 0 Å². The molecule has 0 saturated carbocycles. The second kappa shape index (κ2) is 15.0. The Bertz CT molecular complexity index is 2200. The zero-order valence-electron chi connectivity index (χ0n) is 31.8. The summed E-state index contributed by atoms with van der Waals surface area (Å²) < 4.78 is 84.2. The van der Waals surface area contributed by atoms with Crippen LogP contribution in [0.4, 0.5) is 34.0 Å². The molecule has 2 aliphatic heterocycles. The number of piperazine rings is 1. The average Bonchev–Trinajstić information content (AvgIpc) is 3.32. The number of halogens is 4. The Hall–Kier alpha value is -5.93. The van der Waals surface area contributed by atoms with E-state index in [1.807, 2.05) is 29.2 Å². The molecule has 1 atom stereocenters. The van der Waals surface area contributed by atoms with E-state index >= 15 is 17.6 Å². The lowest BCUT2D eigenvalue weighted by atomic mass is 10.0. The number of carbonyl (C=O) groups is 1. The molecule has 294 valence electrons. The van der Waals surface area contributed by atoms with E-state index in [1.165, 1.54) is 13.0 Å². The maximum atomic E-state index is 16.9. The molecule has 3 aromatic heterocycles. The van der Waals surface area contributed by atoms with Crippen molar-refractivity contribution in [2.45, 2.75) is 58.6 Å². The molecule has 0 radical (unpaired) electrons. The minimum absolute atomic E-state index is 0.0288. The molecule has 1 saturated heterocycles. The highest BCUT2D eigenvalue weighted by Crippen LogP contribution is 2.44. The summed E-state index contributed by atoms with van der Waals surface area (Å²) in [6, 6.07) is 15.5. The Morgan fingerprint density at radius 1 is 0.911 bits per heavy atom. The average molecular weight is 776 g/mol. The number of aromatic nitrogens is 4. The Kier molecular flexibility index (Phi) is 10.2. The van der Waals surface area contributed by atoms with Crippen LogP contribution in [-0.2, 0) is 24.0 Å². The molecule has 7 rings (SSSR count). The van der Waals surface area contributed by atoms with Gasteiger partial charge in [0.15, 0.2) is 5.82 Å². The molecule has 16 heteroatoms. The van der Waals surface area contributed by atoms with E-state index in [0.29, 0.717) is 23.9 Å². The van der Waals surface area contributed by atoms with E-state index in [2.05, 4.69) is 19.9 Å². The topological polar surface area (TPSA) is 115 Å². The van der Waals surface area contributed by atoms with Crippen LogP contribution in [0.5, 0.6) is 17.4 Å². The van der Waals surface area contributed by atoms with Crippen LogP contribution in [0.3, 0.4) is 0 Å². The Morgan fingerprint density at radius 2 is 1.54 bits per heavy atom. The van der Waals surface area contributed by atoms with Crippen molar-refractivity contribution in [2.24, 2.45) is 0 Å². The third-order valence-corrected chi connectivity index (χ3v) is 9.59. The smallest absolute Gasteiger partial charge is 0.418 e.